The second kappa shape index (κ2) is 5.31. The van der Waals surface area contributed by atoms with E-state index in [0.717, 1.165) is 10.9 Å². The lowest BCUT2D eigenvalue weighted by atomic mass is 10.2. The van der Waals surface area contributed by atoms with Crippen LogP contribution in [0.2, 0.25) is 0 Å². The SMILES string of the molecule is CNC(=O)CCNc1ncnc2cc(N)ccc12. The van der Waals surface area contributed by atoms with E-state index in [4.69, 9.17) is 5.73 Å². The van der Waals surface area contributed by atoms with Crippen molar-refractivity contribution < 1.29 is 4.79 Å². The number of fused-ring (bicyclic) bond motifs is 1. The molecular weight excluding hydrogens is 230 g/mol. The van der Waals surface area contributed by atoms with Crippen LogP contribution in [0.25, 0.3) is 10.9 Å². The molecule has 0 fully saturated rings. The van der Waals surface area contributed by atoms with Crippen LogP contribution in [-0.2, 0) is 4.79 Å². The summed E-state index contributed by atoms with van der Waals surface area (Å²) in [5.41, 5.74) is 7.15. The zero-order valence-electron chi connectivity index (χ0n) is 10.1. The molecule has 1 heterocycles. The van der Waals surface area contributed by atoms with E-state index in [1.807, 2.05) is 6.07 Å². The van der Waals surface area contributed by atoms with Gasteiger partial charge in [-0.05, 0) is 18.2 Å². The molecule has 94 valence electrons. The van der Waals surface area contributed by atoms with Gasteiger partial charge < -0.3 is 16.4 Å². The van der Waals surface area contributed by atoms with E-state index in [1.54, 1.807) is 19.2 Å². The van der Waals surface area contributed by atoms with Gasteiger partial charge in [0, 0.05) is 31.1 Å². The summed E-state index contributed by atoms with van der Waals surface area (Å²) in [5, 5.41) is 6.58. The Balaban J connectivity index is 2.15. The van der Waals surface area contributed by atoms with Crippen LogP contribution in [0, 0.1) is 0 Å². The number of carbonyl (C=O) groups excluding carboxylic acids is 1. The molecule has 0 atom stereocenters. The number of hydrogen-bond acceptors (Lipinski definition) is 5. The first-order chi connectivity index (χ1) is 8.70. The van der Waals surface area contributed by atoms with Crippen molar-refractivity contribution in [1.82, 2.24) is 15.3 Å². The van der Waals surface area contributed by atoms with Gasteiger partial charge in [0.25, 0.3) is 0 Å². The van der Waals surface area contributed by atoms with E-state index in [-0.39, 0.29) is 5.91 Å². The second-order valence-corrected chi connectivity index (χ2v) is 3.85. The maximum atomic E-state index is 11.1. The maximum absolute atomic E-state index is 11.1. The number of nitrogens with two attached hydrogens (primary N) is 1. The second-order valence-electron chi connectivity index (χ2n) is 3.85. The Morgan fingerprint density at radius 3 is 3.00 bits per heavy atom. The molecule has 2 aromatic rings. The molecule has 4 N–H and O–H groups in total. The van der Waals surface area contributed by atoms with Crippen LogP contribution >= 0.6 is 0 Å². The molecule has 1 amide bonds. The number of amides is 1. The van der Waals surface area contributed by atoms with Crippen LogP contribution in [-0.4, -0.2) is 29.5 Å². The lowest BCUT2D eigenvalue weighted by molar-refractivity contribution is -0.120. The van der Waals surface area contributed by atoms with Gasteiger partial charge in [0.05, 0.1) is 5.52 Å². The summed E-state index contributed by atoms with van der Waals surface area (Å²) in [6.07, 6.45) is 1.88. The lowest BCUT2D eigenvalue weighted by Gasteiger charge is -2.08. The third kappa shape index (κ3) is 2.65. The summed E-state index contributed by atoms with van der Waals surface area (Å²) < 4.78 is 0. The number of aromatic nitrogens is 2. The number of carbonyl (C=O) groups is 1. The zero-order valence-corrected chi connectivity index (χ0v) is 10.1. The molecule has 1 aromatic carbocycles. The summed E-state index contributed by atoms with van der Waals surface area (Å²) in [7, 11) is 1.62. The van der Waals surface area contributed by atoms with Crippen molar-refractivity contribution in [2.45, 2.75) is 6.42 Å². The molecular formula is C12H15N5O. The van der Waals surface area contributed by atoms with Gasteiger partial charge in [0.1, 0.15) is 12.1 Å². The van der Waals surface area contributed by atoms with Crippen LogP contribution in [0.15, 0.2) is 24.5 Å². The maximum Gasteiger partial charge on any atom is 0.221 e. The molecule has 2 rings (SSSR count). The first-order valence-electron chi connectivity index (χ1n) is 5.65. The van der Waals surface area contributed by atoms with Crippen molar-refractivity contribution in [2.75, 3.05) is 24.6 Å². The zero-order chi connectivity index (χ0) is 13.0. The van der Waals surface area contributed by atoms with E-state index in [2.05, 4.69) is 20.6 Å². The highest BCUT2D eigenvalue weighted by molar-refractivity contribution is 5.90. The Morgan fingerprint density at radius 2 is 2.22 bits per heavy atom. The van der Waals surface area contributed by atoms with Gasteiger partial charge in [-0.1, -0.05) is 0 Å². The monoisotopic (exact) mass is 245 g/mol. The number of benzene rings is 1. The summed E-state index contributed by atoms with van der Waals surface area (Å²) >= 11 is 0. The molecule has 0 radical (unpaired) electrons. The number of nitrogens with one attached hydrogen (secondary N) is 2. The summed E-state index contributed by atoms with van der Waals surface area (Å²) in [6, 6.07) is 5.46. The van der Waals surface area contributed by atoms with Crippen LogP contribution in [0.1, 0.15) is 6.42 Å². The molecule has 0 spiro atoms. The van der Waals surface area contributed by atoms with Crippen LogP contribution in [0.3, 0.4) is 0 Å². The fourth-order valence-corrected chi connectivity index (χ4v) is 1.63. The van der Waals surface area contributed by atoms with E-state index in [1.165, 1.54) is 6.33 Å². The third-order valence-electron chi connectivity index (χ3n) is 2.58. The first kappa shape index (κ1) is 12.1. The Morgan fingerprint density at radius 1 is 1.39 bits per heavy atom. The summed E-state index contributed by atoms with van der Waals surface area (Å²) in [5.74, 6) is 0.703. The number of hydrogen-bond donors (Lipinski definition) is 3. The van der Waals surface area contributed by atoms with Gasteiger partial charge in [-0.25, -0.2) is 9.97 Å². The minimum atomic E-state index is -0.00916. The van der Waals surface area contributed by atoms with Gasteiger partial charge in [-0.2, -0.15) is 0 Å². The van der Waals surface area contributed by atoms with E-state index in [0.29, 0.717) is 24.5 Å². The van der Waals surface area contributed by atoms with Crippen molar-refractivity contribution in [3.8, 4) is 0 Å². The minimum absolute atomic E-state index is 0.00916. The first-order valence-corrected chi connectivity index (χ1v) is 5.65. The summed E-state index contributed by atoms with van der Waals surface area (Å²) in [6.45, 7) is 0.524. The number of nitrogens with zero attached hydrogens (tertiary/aromatic N) is 2. The van der Waals surface area contributed by atoms with E-state index >= 15 is 0 Å². The van der Waals surface area contributed by atoms with E-state index in [9.17, 15) is 4.79 Å². The van der Waals surface area contributed by atoms with Crippen LogP contribution in [0.4, 0.5) is 11.5 Å². The van der Waals surface area contributed by atoms with Crippen molar-refractivity contribution in [1.29, 1.82) is 0 Å². The molecule has 0 aliphatic rings. The normalized spacial score (nSPS) is 10.3. The molecule has 0 aliphatic carbocycles. The highest BCUT2D eigenvalue weighted by Crippen LogP contribution is 2.20. The smallest absolute Gasteiger partial charge is 0.221 e. The van der Waals surface area contributed by atoms with Crippen molar-refractivity contribution in [3.05, 3.63) is 24.5 Å². The third-order valence-corrected chi connectivity index (χ3v) is 2.58. The van der Waals surface area contributed by atoms with Crippen LogP contribution < -0.4 is 16.4 Å². The highest BCUT2D eigenvalue weighted by Gasteiger charge is 2.04. The Kier molecular flexibility index (Phi) is 3.57. The fraction of sp³-hybridized carbons (Fsp3) is 0.250. The predicted molar refractivity (Wildman–Crippen MR) is 71.1 cm³/mol. The molecule has 1 aromatic heterocycles. The Hall–Kier alpha value is -2.37. The molecule has 6 nitrogen and oxygen atoms in total. The van der Waals surface area contributed by atoms with Crippen molar-refractivity contribution in [2.24, 2.45) is 0 Å². The standard InChI is InChI=1S/C12H15N5O/c1-14-11(18)4-5-15-12-9-3-2-8(13)6-10(9)16-7-17-12/h2-3,6-7H,4-5,13H2,1H3,(H,14,18)(H,15,16,17). The molecule has 0 aliphatic heterocycles. The number of anilines is 2. The van der Waals surface area contributed by atoms with Gasteiger partial charge in [0.2, 0.25) is 5.91 Å². The molecule has 0 saturated carbocycles. The van der Waals surface area contributed by atoms with E-state index < -0.39 is 0 Å². The topological polar surface area (TPSA) is 92.9 Å². The largest absolute Gasteiger partial charge is 0.399 e. The van der Waals surface area contributed by atoms with Gasteiger partial charge in [-0.3, -0.25) is 4.79 Å². The Labute approximate surface area is 105 Å². The molecule has 0 unspecified atom stereocenters. The summed E-state index contributed by atoms with van der Waals surface area (Å²) in [4.78, 5) is 19.4. The predicted octanol–water partition coefficient (Wildman–Crippen LogP) is 0.760. The lowest BCUT2D eigenvalue weighted by Crippen LogP contribution is -2.21. The molecule has 18 heavy (non-hydrogen) atoms. The van der Waals surface area contributed by atoms with Crippen molar-refractivity contribution >= 4 is 28.3 Å². The minimum Gasteiger partial charge on any atom is -0.399 e. The quantitative estimate of drug-likeness (QED) is 0.691. The molecule has 0 bridgehead atoms. The Bertz CT molecular complexity index is 569. The fourth-order valence-electron chi connectivity index (χ4n) is 1.63. The number of rotatable bonds is 4. The highest BCUT2D eigenvalue weighted by atomic mass is 16.1. The number of nitrogen functional groups attached to an aromatic ring is 1. The average molecular weight is 245 g/mol. The molecule has 0 saturated heterocycles. The van der Waals surface area contributed by atoms with Gasteiger partial charge in [0.15, 0.2) is 0 Å². The van der Waals surface area contributed by atoms with Gasteiger partial charge >= 0.3 is 0 Å². The average Bonchev–Trinajstić information content (AvgIpc) is 2.38. The molecule has 6 heteroatoms. The van der Waals surface area contributed by atoms with Crippen LogP contribution in [0.5, 0.6) is 0 Å². The van der Waals surface area contributed by atoms with Crippen molar-refractivity contribution in [3.63, 3.8) is 0 Å². The van der Waals surface area contributed by atoms with Gasteiger partial charge in [-0.15, -0.1) is 0 Å².